The number of nitrogens with two attached hydrogens (primary N) is 1. The Bertz CT molecular complexity index is 910. The van der Waals surface area contributed by atoms with Crippen LogP contribution in [0.3, 0.4) is 0 Å². The summed E-state index contributed by atoms with van der Waals surface area (Å²) in [7, 11) is 0. The molecule has 0 aliphatic carbocycles. The van der Waals surface area contributed by atoms with E-state index in [0.717, 1.165) is 31.6 Å². The molecule has 0 atom stereocenters. The van der Waals surface area contributed by atoms with E-state index in [9.17, 15) is 4.79 Å². The lowest BCUT2D eigenvalue weighted by Crippen LogP contribution is -2.32. The Hall–Kier alpha value is -3.28. The molecule has 0 radical (unpaired) electrons. The quantitative estimate of drug-likeness (QED) is 0.505. The van der Waals surface area contributed by atoms with Crippen LogP contribution in [0.1, 0.15) is 41.1 Å². The van der Waals surface area contributed by atoms with Crippen LogP contribution in [0.2, 0.25) is 0 Å². The van der Waals surface area contributed by atoms with E-state index in [1.54, 1.807) is 12.5 Å². The zero-order valence-corrected chi connectivity index (χ0v) is 15.3. The summed E-state index contributed by atoms with van der Waals surface area (Å²) in [5, 5.41) is 18.4. The summed E-state index contributed by atoms with van der Waals surface area (Å²) in [5.74, 6) is 0.0276. The van der Waals surface area contributed by atoms with E-state index < -0.39 is 0 Å². The number of nitrogens with one attached hydrogen (secondary N) is 2. The number of likely N-dealkylation sites (tertiary alicyclic amines) is 1. The van der Waals surface area contributed by atoms with Crippen molar-refractivity contribution in [1.29, 1.82) is 0 Å². The van der Waals surface area contributed by atoms with E-state index in [2.05, 4.69) is 45.4 Å². The normalized spacial score (nSPS) is 15.0. The van der Waals surface area contributed by atoms with Crippen LogP contribution >= 0.6 is 0 Å². The fourth-order valence-electron chi connectivity index (χ4n) is 3.27. The average molecular weight is 386 g/mol. The number of imidazole rings is 1. The molecule has 4 N–H and O–H groups in total. The Morgan fingerprint density at radius 3 is 2.86 bits per heavy atom. The fourth-order valence-corrected chi connectivity index (χ4v) is 3.27. The van der Waals surface area contributed by atoms with Crippen molar-refractivity contribution in [2.24, 2.45) is 0 Å². The molecule has 12 nitrogen and oxygen atoms in total. The van der Waals surface area contributed by atoms with Crippen LogP contribution in [0.25, 0.3) is 5.82 Å². The summed E-state index contributed by atoms with van der Waals surface area (Å²) < 4.78 is 6.12. The third-order valence-electron chi connectivity index (χ3n) is 4.73. The molecule has 1 fully saturated rings. The predicted molar refractivity (Wildman–Crippen MR) is 97.4 cm³/mol. The van der Waals surface area contributed by atoms with Crippen LogP contribution in [0.4, 0.5) is 5.82 Å². The van der Waals surface area contributed by atoms with Crippen LogP contribution in [0, 0.1) is 0 Å². The number of piperidine rings is 1. The lowest BCUT2D eigenvalue weighted by atomic mass is 10.1. The van der Waals surface area contributed by atoms with Crippen molar-refractivity contribution in [2.75, 3.05) is 25.4 Å². The number of hydrogen-bond donors (Lipinski definition) is 3. The first-order chi connectivity index (χ1) is 13.7. The Balaban J connectivity index is 1.54. The van der Waals surface area contributed by atoms with Crippen molar-refractivity contribution in [3.63, 3.8) is 0 Å². The highest BCUT2D eigenvalue weighted by Crippen LogP contribution is 2.19. The molecule has 4 rings (SSSR count). The number of carbonyl (C=O) groups is 1. The number of anilines is 1. The smallest absolute Gasteiger partial charge is 0.273 e. The van der Waals surface area contributed by atoms with E-state index in [-0.39, 0.29) is 23.2 Å². The summed E-state index contributed by atoms with van der Waals surface area (Å²) in [6, 6.07) is 0. The van der Waals surface area contributed by atoms with Crippen molar-refractivity contribution in [3.8, 4) is 5.82 Å². The Morgan fingerprint density at radius 1 is 1.29 bits per heavy atom. The number of aromatic nitrogens is 7. The van der Waals surface area contributed by atoms with E-state index in [1.165, 1.54) is 11.1 Å². The van der Waals surface area contributed by atoms with E-state index in [1.807, 2.05) is 0 Å². The van der Waals surface area contributed by atoms with Gasteiger partial charge < -0.3 is 16.0 Å². The van der Waals surface area contributed by atoms with E-state index in [4.69, 9.17) is 5.73 Å². The topological polar surface area (TPSA) is 157 Å². The maximum Gasteiger partial charge on any atom is 0.273 e. The molecule has 0 bridgehead atoms. The molecule has 0 unspecified atom stereocenters. The second kappa shape index (κ2) is 8.17. The zero-order chi connectivity index (χ0) is 19.3. The minimum atomic E-state index is -0.298. The zero-order valence-electron chi connectivity index (χ0n) is 15.3. The van der Waals surface area contributed by atoms with Gasteiger partial charge in [0.2, 0.25) is 11.6 Å². The minimum absolute atomic E-state index is 0.0935. The third-order valence-corrected chi connectivity index (χ3v) is 4.73. The van der Waals surface area contributed by atoms with Gasteiger partial charge in [0, 0.05) is 31.4 Å². The van der Waals surface area contributed by atoms with Gasteiger partial charge in [0.25, 0.3) is 5.91 Å². The number of rotatable bonds is 7. The molecule has 12 heteroatoms. The van der Waals surface area contributed by atoms with Gasteiger partial charge in [-0.05, 0) is 36.2 Å². The summed E-state index contributed by atoms with van der Waals surface area (Å²) in [5.41, 5.74) is 7.62. The second-order valence-electron chi connectivity index (χ2n) is 6.69. The van der Waals surface area contributed by atoms with Gasteiger partial charge in [-0.3, -0.25) is 9.69 Å². The molecule has 3 aromatic heterocycles. The number of aromatic amines is 1. The molecule has 0 aromatic carbocycles. The van der Waals surface area contributed by atoms with E-state index in [0.29, 0.717) is 25.2 Å². The number of amides is 1. The predicted octanol–water partition coefficient (Wildman–Crippen LogP) is -0.0860. The molecule has 1 aliphatic heterocycles. The van der Waals surface area contributed by atoms with Crippen molar-refractivity contribution in [3.05, 3.63) is 29.6 Å². The van der Waals surface area contributed by atoms with Gasteiger partial charge in [-0.25, -0.2) is 9.61 Å². The lowest BCUT2D eigenvalue weighted by Gasteiger charge is -2.26. The van der Waals surface area contributed by atoms with Gasteiger partial charge in [0.15, 0.2) is 5.69 Å². The van der Waals surface area contributed by atoms with E-state index >= 15 is 0 Å². The summed E-state index contributed by atoms with van der Waals surface area (Å²) in [4.78, 5) is 22.0. The molecular weight excluding hydrogens is 364 g/mol. The Morgan fingerprint density at radius 2 is 2.14 bits per heavy atom. The largest absolute Gasteiger partial charge is 0.378 e. The first-order valence-electron chi connectivity index (χ1n) is 9.23. The fraction of sp³-hybridized carbons (Fsp3) is 0.500. The van der Waals surface area contributed by atoms with Crippen molar-refractivity contribution in [2.45, 2.75) is 32.2 Å². The third kappa shape index (κ3) is 3.86. The highest BCUT2D eigenvalue weighted by Gasteiger charge is 2.25. The molecular formula is C16H22N10O2. The molecule has 3 aromatic rings. The van der Waals surface area contributed by atoms with Crippen molar-refractivity contribution < 1.29 is 9.42 Å². The summed E-state index contributed by atoms with van der Waals surface area (Å²) in [6.07, 6.45) is 7.44. The van der Waals surface area contributed by atoms with Gasteiger partial charge in [-0.15, -0.1) is 5.10 Å². The SMILES string of the molecule is Nc1nonc1-n1nnc(C(=O)NCCc2cnc[nH]2)c1CN1CCCCC1. The number of H-pyrrole nitrogens is 1. The Labute approximate surface area is 160 Å². The number of nitrogens with zero attached hydrogens (tertiary/aromatic N) is 7. The first-order valence-corrected chi connectivity index (χ1v) is 9.23. The molecule has 0 saturated carbocycles. The van der Waals surface area contributed by atoms with Gasteiger partial charge in [-0.2, -0.15) is 4.68 Å². The maximum absolute atomic E-state index is 12.7. The highest BCUT2D eigenvalue weighted by atomic mass is 16.6. The number of nitrogen functional groups attached to an aromatic ring is 1. The van der Waals surface area contributed by atoms with Gasteiger partial charge in [0.1, 0.15) is 0 Å². The molecule has 28 heavy (non-hydrogen) atoms. The molecule has 1 amide bonds. The van der Waals surface area contributed by atoms with Gasteiger partial charge in [-0.1, -0.05) is 11.6 Å². The van der Waals surface area contributed by atoms with Crippen LogP contribution in [-0.4, -0.2) is 65.7 Å². The standard InChI is InChI=1S/C16H22N10O2/c17-14-15(23-28-22-14)26-12(9-25-6-2-1-3-7-25)13(21-24-26)16(27)19-5-4-11-8-18-10-20-11/h8,10H,1-7,9H2,(H2,17,22)(H,18,20)(H,19,27). The molecule has 4 heterocycles. The molecule has 1 saturated heterocycles. The average Bonchev–Trinajstić information content (AvgIpc) is 3.44. The lowest BCUT2D eigenvalue weighted by molar-refractivity contribution is 0.0946. The van der Waals surface area contributed by atoms with Crippen LogP contribution in [0.15, 0.2) is 17.2 Å². The molecule has 148 valence electrons. The molecule has 0 spiro atoms. The van der Waals surface area contributed by atoms with Gasteiger partial charge >= 0.3 is 0 Å². The van der Waals surface area contributed by atoms with Crippen LogP contribution in [0.5, 0.6) is 0 Å². The second-order valence-corrected chi connectivity index (χ2v) is 6.69. The van der Waals surface area contributed by atoms with Crippen molar-refractivity contribution >= 4 is 11.7 Å². The maximum atomic E-state index is 12.7. The van der Waals surface area contributed by atoms with Crippen LogP contribution < -0.4 is 11.1 Å². The van der Waals surface area contributed by atoms with Crippen molar-refractivity contribution in [1.82, 2.24) is 45.5 Å². The Kier molecular flexibility index (Phi) is 5.28. The summed E-state index contributed by atoms with van der Waals surface area (Å²) >= 11 is 0. The minimum Gasteiger partial charge on any atom is -0.378 e. The highest BCUT2D eigenvalue weighted by molar-refractivity contribution is 5.93. The first kappa shape index (κ1) is 18.1. The monoisotopic (exact) mass is 386 g/mol. The summed E-state index contributed by atoms with van der Waals surface area (Å²) in [6.45, 7) is 2.88. The van der Waals surface area contributed by atoms with Gasteiger partial charge in [0.05, 0.1) is 12.0 Å². The molecule has 1 aliphatic rings. The number of hydrogen-bond acceptors (Lipinski definition) is 9. The number of carbonyl (C=O) groups excluding carboxylic acids is 1. The van der Waals surface area contributed by atoms with Crippen LogP contribution in [-0.2, 0) is 13.0 Å².